The molecule has 0 heterocycles. The first-order valence-electron chi connectivity index (χ1n) is 11.7. The van der Waals surface area contributed by atoms with Crippen LogP contribution in [0.1, 0.15) is 61.3 Å². The van der Waals surface area contributed by atoms with E-state index in [0.717, 1.165) is 47.9 Å². The second kappa shape index (κ2) is 11.2. The van der Waals surface area contributed by atoms with E-state index in [1.54, 1.807) is 4.90 Å². The number of hydrogen-bond acceptors (Lipinski definition) is 3. The Kier molecular flexibility index (Phi) is 8.32. The Bertz CT molecular complexity index is 917. The lowest BCUT2D eigenvalue weighted by Gasteiger charge is -2.31. The second-order valence-corrected chi connectivity index (χ2v) is 9.01. The molecule has 1 aliphatic rings. The molecule has 2 aromatic rings. The van der Waals surface area contributed by atoms with E-state index in [1.165, 1.54) is 6.42 Å². The summed E-state index contributed by atoms with van der Waals surface area (Å²) < 4.78 is 5.87. The Labute approximate surface area is 192 Å². The Balaban J connectivity index is 1.72. The Morgan fingerprint density at radius 2 is 1.72 bits per heavy atom. The zero-order valence-corrected chi connectivity index (χ0v) is 19.8. The van der Waals surface area contributed by atoms with Crippen molar-refractivity contribution in [2.45, 2.75) is 78.4 Å². The van der Waals surface area contributed by atoms with Gasteiger partial charge in [0.15, 0.2) is 6.61 Å². The molecule has 32 heavy (non-hydrogen) atoms. The number of amides is 2. The summed E-state index contributed by atoms with van der Waals surface area (Å²) in [5.74, 6) is 0.412. The maximum Gasteiger partial charge on any atom is 0.261 e. The number of carbonyl (C=O) groups excluding carboxylic acids is 2. The number of ether oxygens (including phenoxy) is 1. The highest BCUT2D eigenvalue weighted by molar-refractivity contribution is 5.88. The van der Waals surface area contributed by atoms with Crippen LogP contribution in [0, 0.1) is 20.8 Å². The van der Waals surface area contributed by atoms with Gasteiger partial charge in [-0.05, 0) is 63.3 Å². The SMILES string of the molecule is Cc1ccc(CN(C(=O)COc2cccc(C)c2C)[C@@H](C)C(=O)NC2CCCCC2)cc1. The van der Waals surface area contributed by atoms with Gasteiger partial charge in [0, 0.05) is 12.6 Å². The van der Waals surface area contributed by atoms with Gasteiger partial charge in [-0.15, -0.1) is 0 Å². The number of rotatable bonds is 8. The van der Waals surface area contributed by atoms with Crippen LogP contribution in [0.25, 0.3) is 0 Å². The second-order valence-electron chi connectivity index (χ2n) is 9.01. The minimum atomic E-state index is -0.576. The number of aryl methyl sites for hydroxylation is 2. The van der Waals surface area contributed by atoms with Crippen molar-refractivity contribution in [2.75, 3.05) is 6.61 Å². The van der Waals surface area contributed by atoms with E-state index in [0.29, 0.717) is 12.3 Å². The molecule has 0 spiro atoms. The average molecular weight is 437 g/mol. The largest absolute Gasteiger partial charge is 0.483 e. The molecule has 1 N–H and O–H groups in total. The molecule has 1 atom stereocenters. The number of nitrogens with zero attached hydrogens (tertiary/aromatic N) is 1. The molecule has 2 aromatic carbocycles. The van der Waals surface area contributed by atoms with Gasteiger partial charge in [0.05, 0.1) is 0 Å². The molecule has 0 aliphatic heterocycles. The third-order valence-corrected chi connectivity index (χ3v) is 6.50. The summed E-state index contributed by atoms with van der Waals surface area (Å²) in [6.45, 7) is 8.11. The average Bonchev–Trinajstić information content (AvgIpc) is 2.79. The quantitative estimate of drug-likeness (QED) is 0.643. The highest BCUT2D eigenvalue weighted by Crippen LogP contribution is 2.21. The lowest BCUT2D eigenvalue weighted by molar-refractivity contribution is -0.142. The van der Waals surface area contributed by atoms with E-state index in [4.69, 9.17) is 4.74 Å². The summed E-state index contributed by atoms with van der Waals surface area (Å²) >= 11 is 0. The van der Waals surface area contributed by atoms with Gasteiger partial charge in [0.2, 0.25) is 5.91 Å². The lowest BCUT2D eigenvalue weighted by Crippen LogP contribution is -2.51. The summed E-state index contributed by atoms with van der Waals surface area (Å²) in [6.07, 6.45) is 5.56. The third kappa shape index (κ3) is 6.35. The molecule has 1 saturated carbocycles. The van der Waals surface area contributed by atoms with Crippen LogP contribution >= 0.6 is 0 Å². The molecule has 1 fully saturated rings. The van der Waals surface area contributed by atoms with Crippen molar-refractivity contribution in [1.82, 2.24) is 10.2 Å². The molecule has 0 radical (unpaired) electrons. The standard InChI is InChI=1S/C27H36N2O3/c1-19-13-15-23(16-14-19)17-29(22(4)27(31)28-24-10-6-5-7-11-24)26(30)18-32-25-12-8-9-20(2)21(25)3/h8-9,12-16,22,24H,5-7,10-11,17-18H2,1-4H3,(H,28,31)/t22-/m0/s1. The van der Waals surface area contributed by atoms with Crippen molar-refractivity contribution >= 4 is 11.8 Å². The molecular formula is C27H36N2O3. The maximum atomic E-state index is 13.2. The lowest BCUT2D eigenvalue weighted by atomic mass is 9.95. The predicted molar refractivity (Wildman–Crippen MR) is 128 cm³/mol. The molecular weight excluding hydrogens is 400 g/mol. The minimum absolute atomic E-state index is 0.0934. The smallest absolute Gasteiger partial charge is 0.261 e. The Morgan fingerprint density at radius 3 is 2.41 bits per heavy atom. The molecule has 5 heteroatoms. The van der Waals surface area contributed by atoms with Crippen molar-refractivity contribution in [2.24, 2.45) is 0 Å². The highest BCUT2D eigenvalue weighted by Gasteiger charge is 2.28. The molecule has 1 aliphatic carbocycles. The molecule has 0 bridgehead atoms. The van der Waals surface area contributed by atoms with Crippen LogP contribution in [0.5, 0.6) is 5.75 Å². The fraction of sp³-hybridized carbons (Fsp3) is 0.481. The van der Waals surface area contributed by atoms with Gasteiger partial charge in [0.1, 0.15) is 11.8 Å². The van der Waals surface area contributed by atoms with Crippen molar-refractivity contribution < 1.29 is 14.3 Å². The maximum absolute atomic E-state index is 13.2. The molecule has 2 amide bonds. The van der Waals surface area contributed by atoms with E-state index in [2.05, 4.69) is 5.32 Å². The van der Waals surface area contributed by atoms with Crippen molar-refractivity contribution in [1.29, 1.82) is 0 Å². The van der Waals surface area contributed by atoms with Gasteiger partial charge in [-0.2, -0.15) is 0 Å². The van der Waals surface area contributed by atoms with Crippen LogP contribution in [0.15, 0.2) is 42.5 Å². The van der Waals surface area contributed by atoms with Crippen LogP contribution in [0.3, 0.4) is 0 Å². The molecule has 172 valence electrons. The highest BCUT2D eigenvalue weighted by atomic mass is 16.5. The summed E-state index contributed by atoms with van der Waals surface area (Å²) in [5.41, 5.74) is 4.29. The first-order valence-corrected chi connectivity index (χ1v) is 11.7. The van der Waals surface area contributed by atoms with Crippen molar-refractivity contribution in [3.8, 4) is 5.75 Å². The van der Waals surface area contributed by atoms with Crippen LogP contribution in [-0.4, -0.2) is 35.4 Å². The van der Waals surface area contributed by atoms with E-state index >= 15 is 0 Å². The number of carbonyl (C=O) groups is 2. The third-order valence-electron chi connectivity index (χ3n) is 6.50. The summed E-state index contributed by atoms with van der Waals surface area (Å²) in [5, 5.41) is 3.17. The van der Waals surface area contributed by atoms with Gasteiger partial charge in [-0.1, -0.05) is 61.2 Å². The van der Waals surface area contributed by atoms with Crippen LogP contribution < -0.4 is 10.1 Å². The van der Waals surface area contributed by atoms with Crippen molar-refractivity contribution in [3.05, 3.63) is 64.7 Å². The molecule has 0 unspecified atom stereocenters. The number of hydrogen-bond donors (Lipinski definition) is 1. The Morgan fingerprint density at radius 1 is 1.03 bits per heavy atom. The number of benzene rings is 2. The summed E-state index contributed by atoms with van der Waals surface area (Å²) in [4.78, 5) is 27.9. The van der Waals surface area contributed by atoms with Crippen LogP contribution in [-0.2, 0) is 16.1 Å². The van der Waals surface area contributed by atoms with Gasteiger partial charge in [0.25, 0.3) is 5.91 Å². The topological polar surface area (TPSA) is 58.6 Å². The van der Waals surface area contributed by atoms with Gasteiger partial charge < -0.3 is 15.0 Å². The number of nitrogens with one attached hydrogen (secondary N) is 1. The van der Waals surface area contributed by atoms with Crippen LogP contribution in [0.4, 0.5) is 0 Å². The monoisotopic (exact) mass is 436 g/mol. The fourth-order valence-corrected chi connectivity index (χ4v) is 4.14. The van der Waals surface area contributed by atoms with Gasteiger partial charge in [-0.25, -0.2) is 0 Å². The van der Waals surface area contributed by atoms with E-state index < -0.39 is 6.04 Å². The van der Waals surface area contributed by atoms with Crippen molar-refractivity contribution in [3.63, 3.8) is 0 Å². The first-order chi connectivity index (χ1) is 15.3. The van der Waals surface area contributed by atoms with Crippen LogP contribution in [0.2, 0.25) is 0 Å². The van der Waals surface area contributed by atoms with E-state index in [-0.39, 0.29) is 24.5 Å². The molecule has 0 saturated heterocycles. The first kappa shape index (κ1) is 23.8. The Hall–Kier alpha value is -2.82. The molecule has 5 nitrogen and oxygen atoms in total. The van der Waals surface area contributed by atoms with E-state index in [1.807, 2.05) is 70.2 Å². The minimum Gasteiger partial charge on any atom is -0.483 e. The summed E-state index contributed by atoms with van der Waals surface area (Å²) in [7, 11) is 0. The predicted octanol–water partition coefficient (Wildman–Crippen LogP) is 4.86. The molecule has 3 rings (SSSR count). The van der Waals surface area contributed by atoms with Gasteiger partial charge in [-0.3, -0.25) is 9.59 Å². The zero-order chi connectivity index (χ0) is 23.1. The normalized spacial score (nSPS) is 15.1. The molecule has 0 aromatic heterocycles. The zero-order valence-electron chi connectivity index (χ0n) is 19.8. The fourth-order valence-electron chi connectivity index (χ4n) is 4.14. The van der Waals surface area contributed by atoms with E-state index in [9.17, 15) is 9.59 Å². The van der Waals surface area contributed by atoms with Gasteiger partial charge >= 0.3 is 0 Å². The summed E-state index contributed by atoms with van der Waals surface area (Å²) in [6, 6.07) is 13.5.